The second-order valence-corrected chi connectivity index (χ2v) is 8.66. The highest BCUT2D eigenvalue weighted by atomic mass is 28.3. The third-order valence-electron chi connectivity index (χ3n) is 1.64. The van der Waals surface area contributed by atoms with E-state index in [0.717, 1.165) is 0 Å². The summed E-state index contributed by atoms with van der Waals surface area (Å²) in [6.07, 6.45) is 0.591. The lowest BCUT2D eigenvalue weighted by Gasteiger charge is -2.21. The van der Waals surface area contributed by atoms with Crippen molar-refractivity contribution in [2.45, 2.75) is 25.2 Å². The van der Waals surface area contributed by atoms with Crippen molar-refractivity contribution in [3.8, 4) is 0 Å². The minimum absolute atomic E-state index is 0.554. The SMILES string of the molecule is C[Si](C)(CN)C[C@H](N)C(=O)O. The Hall–Kier alpha value is -0.393. The van der Waals surface area contributed by atoms with Gasteiger partial charge in [0.1, 0.15) is 6.04 Å². The van der Waals surface area contributed by atoms with Crippen LogP contribution >= 0.6 is 0 Å². The number of nitrogens with two attached hydrogens (primary N) is 2. The lowest BCUT2D eigenvalue weighted by Crippen LogP contribution is -2.44. The summed E-state index contributed by atoms with van der Waals surface area (Å²) < 4.78 is 0. The summed E-state index contributed by atoms with van der Waals surface area (Å²) in [7, 11) is -1.53. The third-order valence-corrected chi connectivity index (χ3v) is 4.29. The Morgan fingerprint density at radius 3 is 2.36 bits per heavy atom. The highest BCUT2D eigenvalue weighted by Crippen LogP contribution is 2.08. The second-order valence-electron chi connectivity index (χ2n) is 3.52. The van der Waals surface area contributed by atoms with E-state index in [4.69, 9.17) is 16.6 Å². The molecule has 0 rings (SSSR count). The van der Waals surface area contributed by atoms with Gasteiger partial charge in [0.05, 0.1) is 8.07 Å². The first-order chi connectivity index (χ1) is 4.89. The van der Waals surface area contributed by atoms with Gasteiger partial charge >= 0.3 is 5.97 Å². The van der Waals surface area contributed by atoms with Crippen LogP contribution in [0.3, 0.4) is 0 Å². The number of carboxylic acids is 1. The molecule has 4 nitrogen and oxygen atoms in total. The molecule has 5 N–H and O–H groups in total. The van der Waals surface area contributed by atoms with E-state index in [2.05, 4.69) is 0 Å². The van der Waals surface area contributed by atoms with Crippen molar-refractivity contribution in [1.29, 1.82) is 0 Å². The van der Waals surface area contributed by atoms with Gasteiger partial charge in [-0.3, -0.25) is 4.79 Å². The van der Waals surface area contributed by atoms with Crippen LogP contribution in [0.4, 0.5) is 0 Å². The van der Waals surface area contributed by atoms with Crippen molar-refractivity contribution in [3.63, 3.8) is 0 Å². The van der Waals surface area contributed by atoms with E-state index in [9.17, 15) is 4.79 Å². The van der Waals surface area contributed by atoms with Crippen molar-refractivity contribution in [2.75, 3.05) is 6.17 Å². The van der Waals surface area contributed by atoms with Crippen LogP contribution in [0.15, 0.2) is 0 Å². The van der Waals surface area contributed by atoms with Gasteiger partial charge in [0.15, 0.2) is 0 Å². The Labute approximate surface area is 67.6 Å². The highest BCUT2D eigenvalue weighted by Gasteiger charge is 2.25. The number of hydrogen-bond donors (Lipinski definition) is 3. The Morgan fingerprint density at radius 2 is 2.09 bits per heavy atom. The van der Waals surface area contributed by atoms with Crippen molar-refractivity contribution in [3.05, 3.63) is 0 Å². The third kappa shape index (κ3) is 4.13. The van der Waals surface area contributed by atoms with Crippen LogP contribution in [0.1, 0.15) is 0 Å². The molecule has 1 atom stereocenters. The Kier molecular flexibility index (Phi) is 3.71. The number of aliphatic carboxylic acids is 1. The fraction of sp³-hybridized carbons (Fsp3) is 0.833. The molecule has 0 aromatic heterocycles. The van der Waals surface area contributed by atoms with E-state index < -0.39 is 20.1 Å². The summed E-state index contributed by atoms with van der Waals surface area (Å²) in [5.74, 6) is -0.931. The summed E-state index contributed by atoms with van der Waals surface area (Å²) in [5.41, 5.74) is 10.8. The first-order valence-corrected chi connectivity index (χ1v) is 6.99. The summed E-state index contributed by atoms with van der Waals surface area (Å²) in [4.78, 5) is 10.3. The molecule has 0 unspecified atom stereocenters. The van der Waals surface area contributed by atoms with E-state index in [1.165, 1.54) is 0 Å². The molecule has 0 fully saturated rings. The molecule has 0 aromatic carbocycles. The first kappa shape index (κ1) is 10.6. The molecule has 0 amide bonds. The maximum Gasteiger partial charge on any atom is 0.320 e. The van der Waals surface area contributed by atoms with Gasteiger partial charge in [0.2, 0.25) is 0 Å². The predicted octanol–water partition coefficient (Wildman–Crippen LogP) is -0.395. The van der Waals surface area contributed by atoms with E-state index in [-0.39, 0.29) is 0 Å². The van der Waals surface area contributed by atoms with Gasteiger partial charge in [-0.05, 0) is 12.2 Å². The topological polar surface area (TPSA) is 89.3 Å². The van der Waals surface area contributed by atoms with Crippen molar-refractivity contribution in [1.82, 2.24) is 0 Å². The summed E-state index contributed by atoms with van der Waals surface area (Å²) >= 11 is 0. The maximum atomic E-state index is 10.3. The number of hydrogen-bond acceptors (Lipinski definition) is 3. The van der Waals surface area contributed by atoms with Crippen LogP contribution in [0.25, 0.3) is 0 Å². The Balaban J connectivity index is 3.93. The van der Waals surface area contributed by atoms with Gasteiger partial charge in [-0.2, -0.15) is 0 Å². The molecule has 0 heterocycles. The molecule has 66 valence electrons. The predicted molar refractivity (Wildman–Crippen MR) is 47.0 cm³/mol. The quantitative estimate of drug-likeness (QED) is 0.509. The largest absolute Gasteiger partial charge is 0.480 e. The average Bonchev–Trinajstić information content (AvgIpc) is 1.87. The van der Waals surface area contributed by atoms with Crippen LogP contribution in [-0.2, 0) is 4.79 Å². The zero-order valence-electron chi connectivity index (χ0n) is 7.00. The molecule has 0 aliphatic carbocycles. The van der Waals surface area contributed by atoms with Gasteiger partial charge in [0.25, 0.3) is 0 Å². The molecule has 0 aliphatic rings. The number of rotatable bonds is 4. The fourth-order valence-electron chi connectivity index (χ4n) is 0.766. The normalized spacial score (nSPS) is 14.5. The van der Waals surface area contributed by atoms with Crippen LogP contribution in [0.5, 0.6) is 0 Å². The second kappa shape index (κ2) is 3.84. The summed E-state index contributed by atoms with van der Waals surface area (Å²) in [6.45, 7) is 4.08. The smallest absolute Gasteiger partial charge is 0.320 e. The Morgan fingerprint density at radius 1 is 1.64 bits per heavy atom. The Bertz CT molecular complexity index is 150. The molecule has 0 spiro atoms. The molecule has 11 heavy (non-hydrogen) atoms. The molecular formula is C6H16N2O2Si. The van der Waals surface area contributed by atoms with Crippen LogP contribution in [-0.4, -0.2) is 31.4 Å². The lowest BCUT2D eigenvalue weighted by molar-refractivity contribution is -0.138. The van der Waals surface area contributed by atoms with Crippen molar-refractivity contribution in [2.24, 2.45) is 11.5 Å². The first-order valence-electron chi connectivity index (χ1n) is 3.57. The standard InChI is InChI=1S/C6H16N2O2Si/c1-11(2,4-7)3-5(8)6(9)10/h5H,3-4,7-8H2,1-2H3,(H,9,10)/t5-/m0/s1. The van der Waals surface area contributed by atoms with Gasteiger partial charge in [-0.25, -0.2) is 0 Å². The molecule has 0 radical (unpaired) electrons. The fourth-order valence-corrected chi connectivity index (χ4v) is 2.30. The van der Waals surface area contributed by atoms with E-state index in [1.807, 2.05) is 13.1 Å². The van der Waals surface area contributed by atoms with E-state index in [0.29, 0.717) is 12.2 Å². The molecular weight excluding hydrogens is 160 g/mol. The van der Waals surface area contributed by atoms with Crippen molar-refractivity contribution >= 4 is 14.0 Å². The summed E-state index contributed by atoms with van der Waals surface area (Å²) in [6, 6.07) is -0.182. The molecule has 0 saturated carbocycles. The molecule has 0 aromatic rings. The lowest BCUT2D eigenvalue weighted by atomic mass is 10.4. The van der Waals surface area contributed by atoms with Gasteiger partial charge in [-0.15, -0.1) is 0 Å². The minimum Gasteiger partial charge on any atom is -0.480 e. The van der Waals surface area contributed by atoms with Crippen molar-refractivity contribution < 1.29 is 9.90 Å². The van der Waals surface area contributed by atoms with E-state index in [1.54, 1.807) is 0 Å². The van der Waals surface area contributed by atoms with E-state index >= 15 is 0 Å². The van der Waals surface area contributed by atoms with Crippen LogP contribution in [0.2, 0.25) is 19.1 Å². The molecule has 0 bridgehead atoms. The monoisotopic (exact) mass is 176 g/mol. The number of carbonyl (C=O) groups is 1. The molecule has 0 saturated heterocycles. The van der Waals surface area contributed by atoms with Crippen LogP contribution < -0.4 is 11.5 Å². The maximum absolute atomic E-state index is 10.3. The average molecular weight is 176 g/mol. The summed E-state index contributed by atoms with van der Waals surface area (Å²) in [5, 5.41) is 8.50. The van der Waals surface area contributed by atoms with Gasteiger partial charge in [-0.1, -0.05) is 13.1 Å². The zero-order valence-corrected chi connectivity index (χ0v) is 8.00. The van der Waals surface area contributed by atoms with Crippen LogP contribution in [0, 0.1) is 0 Å². The highest BCUT2D eigenvalue weighted by molar-refractivity contribution is 6.77. The van der Waals surface area contributed by atoms with Gasteiger partial charge < -0.3 is 16.6 Å². The minimum atomic E-state index is -1.53. The number of carboxylic acid groups (broad SMARTS) is 1. The molecule has 5 heteroatoms. The molecule has 0 aliphatic heterocycles. The zero-order chi connectivity index (χ0) is 9.07. The van der Waals surface area contributed by atoms with Gasteiger partial charge in [0, 0.05) is 0 Å².